The number of rotatable bonds is 6. The first kappa shape index (κ1) is 13.9. The molecule has 96 valence electrons. The SMILES string of the molecule is CCC(C)(C(COC)NN)N1CCOCC1. The van der Waals surface area contributed by atoms with Crippen LogP contribution in [0.25, 0.3) is 0 Å². The molecule has 3 N–H and O–H groups in total. The van der Waals surface area contributed by atoms with E-state index in [1.807, 2.05) is 0 Å². The molecule has 0 aliphatic carbocycles. The minimum absolute atomic E-state index is 0.0224. The van der Waals surface area contributed by atoms with Gasteiger partial charge in [-0.25, -0.2) is 0 Å². The lowest BCUT2D eigenvalue weighted by Crippen LogP contribution is -2.64. The minimum atomic E-state index is 0.0224. The summed E-state index contributed by atoms with van der Waals surface area (Å²) < 4.78 is 10.6. The molecule has 1 fully saturated rings. The van der Waals surface area contributed by atoms with E-state index in [0.717, 1.165) is 32.7 Å². The Morgan fingerprint density at radius 3 is 2.56 bits per heavy atom. The van der Waals surface area contributed by atoms with Gasteiger partial charge in [0.05, 0.1) is 25.9 Å². The van der Waals surface area contributed by atoms with Gasteiger partial charge in [0.25, 0.3) is 0 Å². The number of hydrogen-bond donors (Lipinski definition) is 2. The van der Waals surface area contributed by atoms with Crippen LogP contribution in [0.1, 0.15) is 20.3 Å². The molecule has 1 aliphatic rings. The van der Waals surface area contributed by atoms with Gasteiger partial charge in [-0.15, -0.1) is 0 Å². The Labute approximate surface area is 98.2 Å². The molecule has 2 atom stereocenters. The first-order valence-electron chi connectivity index (χ1n) is 5.97. The standard InChI is InChI=1S/C11H25N3O2/c1-4-11(2,10(13-12)9-15-3)14-5-7-16-8-6-14/h10,13H,4-9,12H2,1-3H3. The fourth-order valence-corrected chi connectivity index (χ4v) is 2.34. The normalized spacial score (nSPS) is 24.0. The third kappa shape index (κ3) is 2.93. The zero-order valence-electron chi connectivity index (χ0n) is 10.7. The summed E-state index contributed by atoms with van der Waals surface area (Å²) in [6, 6.07) is 0.139. The van der Waals surface area contributed by atoms with Crippen molar-refractivity contribution in [2.75, 3.05) is 40.0 Å². The van der Waals surface area contributed by atoms with Crippen molar-refractivity contribution >= 4 is 0 Å². The van der Waals surface area contributed by atoms with E-state index in [1.165, 1.54) is 0 Å². The monoisotopic (exact) mass is 231 g/mol. The molecular formula is C11H25N3O2. The van der Waals surface area contributed by atoms with Gasteiger partial charge in [-0.3, -0.25) is 16.2 Å². The molecule has 0 aromatic rings. The topological polar surface area (TPSA) is 59.8 Å². The third-order valence-electron chi connectivity index (χ3n) is 3.73. The maximum Gasteiger partial charge on any atom is 0.0647 e. The van der Waals surface area contributed by atoms with Gasteiger partial charge in [-0.05, 0) is 13.3 Å². The highest BCUT2D eigenvalue weighted by molar-refractivity contribution is 4.96. The molecule has 1 heterocycles. The van der Waals surface area contributed by atoms with Crippen LogP contribution in [0.5, 0.6) is 0 Å². The molecule has 0 bridgehead atoms. The van der Waals surface area contributed by atoms with Gasteiger partial charge in [0.2, 0.25) is 0 Å². The average Bonchev–Trinajstić information content (AvgIpc) is 2.36. The molecule has 0 saturated carbocycles. The number of nitrogens with zero attached hydrogens (tertiary/aromatic N) is 1. The number of nitrogens with two attached hydrogens (primary N) is 1. The molecule has 1 rings (SSSR count). The lowest BCUT2D eigenvalue weighted by atomic mass is 9.87. The highest BCUT2D eigenvalue weighted by atomic mass is 16.5. The van der Waals surface area contributed by atoms with E-state index in [-0.39, 0.29) is 11.6 Å². The van der Waals surface area contributed by atoms with Gasteiger partial charge in [0.15, 0.2) is 0 Å². The molecule has 0 aromatic carbocycles. The van der Waals surface area contributed by atoms with Crippen LogP contribution in [-0.2, 0) is 9.47 Å². The average molecular weight is 231 g/mol. The molecule has 5 nitrogen and oxygen atoms in total. The second-order valence-corrected chi connectivity index (χ2v) is 4.48. The van der Waals surface area contributed by atoms with Gasteiger partial charge in [0.1, 0.15) is 0 Å². The second-order valence-electron chi connectivity index (χ2n) is 4.48. The Balaban J connectivity index is 2.71. The number of methoxy groups -OCH3 is 1. The van der Waals surface area contributed by atoms with Crippen LogP contribution in [0.2, 0.25) is 0 Å². The van der Waals surface area contributed by atoms with Gasteiger partial charge >= 0.3 is 0 Å². The van der Waals surface area contributed by atoms with E-state index < -0.39 is 0 Å². The Hall–Kier alpha value is -0.200. The van der Waals surface area contributed by atoms with Gasteiger partial charge in [-0.1, -0.05) is 6.92 Å². The Morgan fingerprint density at radius 2 is 2.12 bits per heavy atom. The molecule has 1 saturated heterocycles. The lowest BCUT2D eigenvalue weighted by molar-refractivity contribution is -0.0430. The van der Waals surface area contributed by atoms with Crippen molar-refractivity contribution in [1.82, 2.24) is 10.3 Å². The van der Waals surface area contributed by atoms with Crippen LogP contribution in [-0.4, -0.2) is 56.5 Å². The summed E-state index contributed by atoms with van der Waals surface area (Å²) >= 11 is 0. The maximum atomic E-state index is 5.64. The Kier molecular flexibility index (Phi) is 5.64. The zero-order chi connectivity index (χ0) is 12.0. The number of hydrogen-bond acceptors (Lipinski definition) is 5. The number of nitrogens with one attached hydrogen (secondary N) is 1. The van der Waals surface area contributed by atoms with E-state index in [1.54, 1.807) is 7.11 Å². The summed E-state index contributed by atoms with van der Waals surface area (Å²) in [6.07, 6.45) is 1.03. The van der Waals surface area contributed by atoms with Crippen molar-refractivity contribution in [3.05, 3.63) is 0 Å². The number of ether oxygens (including phenoxy) is 2. The second kappa shape index (κ2) is 6.51. The fourth-order valence-electron chi connectivity index (χ4n) is 2.34. The van der Waals surface area contributed by atoms with E-state index >= 15 is 0 Å². The molecule has 0 radical (unpaired) electrons. The molecule has 5 heteroatoms. The Bertz CT molecular complexity index is 191. The van der Waals surface area contributed by atoms with E-state index in [9.17, 15) is 0 Å². The summed E-state index contributed by atoms with van der Waals surface area (Å²) in [5.41, 5.74) is 2.91. The van der Waals surface area contributed by atoms with Crippen molar-refractivity contribution < 1.29 is 9.47 Å². The molecule has 0 spiro atoms. The highest BCUT2D eigenvalue weighted by Crippen LogP contribution is 2.24. The summed E-state index contributed by atoms with van der Waals surface area (Å²) in [5, 5.41) is 0. The summed E-state index contributed by atoms with van der Waals surface area (Å²) in [6.45, 7) is 8.59. The van der Waals surface area contributed by atoms with Crippen LogP contribution in [0, 0.1) is 0 Å². The molecule has 1 aliphatic heterocycles. The summed E-state index contributed by atoms with van der Waals surface area (Å²) in [4.78, 5) is 2.44. The van der Waals surface area contributed by atoms with Crippen molar-refractivity contribution in [1.29, 1.82) is 0 Å². The zero-order valence-corrected chi connectivity index (χ0v) is 10.7. The maximum absolute atomic E-state index is 5.64. The summed E-state index contributed by atoms with van der Waals surface area (Å²) in [5.74, 6) is 5.64. The van der Waals surface area contributed by atoms with E-state index in [4.69, 9.17) is 15.3 Å². The molecular weight excluding hydrogens is 206 g/mol. The molecule has 16 heavy (non-hydrogen) atoms. The largest absolute Gasteiger partial charge is 0.383 e. The highest BCUT2D eigenvalue weighted by Gasteiger charge is 2.38. The van der Waals surface area contributed by atoms with Crippen molar-refractivity contribution in [3.8, 4) is 0 Å². The molecule has 0 amide bonds. The number of hydrazine groups is 1. The third-order valence-corrected chi connectivity index (χ3v) is 3.73. The van der Waals surface area contributed by atoms with Crippen molar-refractivity contribution in [2.45, 2.75) is 31.8 Å². The smallest absolute Gasteiger partial charge is 0.0647 e. The quantitative estimate of drug-likeness (QED) is 0.496. The van der Waals surface area contributed by atoms with Crippen LogP contribution in [0.3, 0.4) is 0 Å². The molecule has 2 unspecified atom stereocenters. The lowest BCUT2D eigenvalue weighted by Gasteiger charge is -2.47. The first-order chi connectivity index (χ1) is 7.69. The van der Waals surface area contributed by atoms with Gasteiger partial charge < -0.3 is 9.47 Å². The first-order valence-corrected chi connectivity index (χ1v) is 5.97. The summed E-state index contributed by atoms with van der Waals surface area (Å²) in [7, 11) is 1.71. The predicted molar refractivity (Wildman–Crippen MR) is 64.1 cm³/mol. The number of morpholine rings is 1. The fraction of sp³-hybridized carbons (Fsp3) is 1.00. The van der Waals surface area contributed by atoms with E-state index in [2.05, 4.69) is 24.2 Å². The minimum Gasteiger partial charge on any atom is -0.383 e. The Morgan fingerprint density at radius 1 is 1.50 bits per heavy atom. The van der Waals surface area contributed by atoms with Crippen LogP contribution in [0.15, 0.2) is 0 Å². The van der Waals surface area contributed by atoms with Gasteiger partial charge in [-0.2, -0.15) is 0 Å². The van der Waals surface area contributed by atoms with Crippen LogP contribution < -0.4 is 11.3 Å². The molecule has 0 aromatic heterocycles. The van der Waals surface area contributed by atoms with Gasteiger partial charge in [0, 0.05) is 25.7 Å². The predicted octanol–water partition coefficient (Wildman–Crippen LogP) is -0.0344. The van der Waals surface area contributed by atoms with Crippen LogP contribution in [0.4, 0.5) is 0 Å². The van der Waals surface area contributed by atoms with Crippen molar-refractivity contribution in [3.63, 3.8) is 0 Å². The van der Waals surface area contributed by atoms with Crippen molar-refractivity contribution in [2.24, 2.45) is 5.84 Å². The van der Waals surface area contributed by atoms with Crippen LogP contribution >= 0.6 is 0 Å². The van der Waals surface area contributed by atoms with E-state index in [0.29, 0.717) is 6.61 Å².